The van der Waals surface area contributed by atoms with Crippen molar-refractivity contribution in [3.05, 3.63) is 82.3 Å². The van der Waals surface area contributed by atoms with Gasteiger partial charge in [0.2, 0.25) is 5.91 Å². The van der Waals surface area contributed by atoms with Crippen molar-refractivity contribution < 1.29 is 22.7 Å². The normalized spacial score (nSPS) is 15.5. The first kappa shape index (κ1) is 23.9. The minimum absolute atomic E-state index is 0.00514. The molecular weight excluding hydrogens is 501 g/mol. The van der Waals surface area contributed by atoms with Crippen LogP contribution in [0, 0.1) is 0 Å². The van der Waals surface area contributed by atoms with Crippen molar-refractivity contribution >= 4 is 50.7 Å². The van der Waals surface area contributed by atoms with Crippen LogP contribution in [0.2, 0.25) is 10.0 Å². The first-order valence-electron chi connectivity index (χ1n) is 10.2. The van der Waals surface area contributed by atoms with E-state index in [1.54, 1.807) is 24.3 Å². The van der Waals surface area contributed by atoms with Crippen LogP contribution in [0.3, 0.4) is 0 Å². The number of anilines is 1. The van der Waals surface area contributed by atoms with Gasteiger partial charge in [-0.3, -0.25) is 14.3 Å². The van der Waals surface area contributed by atoms with E-state index in [0.29, 0.717) is 29.5 Å². The molecule has 1 saturated heterocycles. The predicted octanol–water partition coefficient (Wildman–Crippen LogP) is 4.20. The first-order valence-corrected chi connectivity index (χ1v) is 12.4. The van der Waals surface area contributed by atoms with Crippen molar-refractivity contribution in [1.29, 1.82) is 0 Å². The number of carbonyl (C=O) groups is 2. The first-order chi connectivity index (χ1) is 16.2. The molecule has 0 bridgehead atoms. The van der Waals surface area contributed by atoms with Gasteiger partial charge >= 0.3 is 0 Å². The lowest BCUT2D eigenvalue weighted by atomic mass is 10.1. The Morgan fingerprint density at radius 2 is 1.76 bits per heavy atom. The molecule has 3 aromatic carbocycles. The maximum atomic E-state index is 13.0. The molecular formula is C23H19Cl2N3O5S. The number of halogens is 2. The molecule has 11 heteroatoms. The third-order valence-corrected chi connectivity index (χ3v) is 6.95. The molecule has 3 aromatic rings. The number of amides is 2. The number of carbonyl (C=O) groups excluding carboxylic acids is 2. The SMILES string of the molecule is O=C(N[C@H]1CCNC1=O)c1cc(Cl)ccc1NS(=O)(=O)c1ccc(Oc2ccccc2Cl)cc1. The van der Waals surface area contributed by atoms with Crippen molar-refractivity contribution in [3.8, 4) is 11.5 Å². The summed E-state index contributed by atoms with van der Waals surface area (Å²) >= 11 is 12.1. The van der Waals surface area contributed by atoms with E-state index in [1.165, 1.54) is 42.5 Å². The second kappa shape index (κ2) is 9.92. The number of ether oxygens (including phenoxy) is 1. The fourth-order valence-corrected chi connectivity index (χ4v) is 4.73. The molecule has 176 valence electrons. The van der Waals surface area contributed by atoms with Crippen LogP contribution in [0.25, 0.3) is 0 Å². The molecule has 2 amide bonds. The second-order valence-electron chi connectivity index (χ2n) is 7.41. The molecule has 1 aliphatic rings. The summed E-state index contributed by atoms with van der Waals surface area (Å²) in [5.74, 6) is -0.0820. The molecule has 0 aromatic heterocycles. The Labute approximate surface area is 206 Å². The second-order valence-corrected chi connectivity index (χ2v) is 9.93. The molecule has 34 heavy (non-hydrogen) atoms. The van der Waals surface area contributed by atoms with Crippen molar-refractivity contribution in [3.63, 3.8) is 0 Å². The molecule has 1 fully saturated rings. The van der Waals surface area contributed by atoms with Gasteiger partial charge in [-0.2, -0.15) is 0 Å². The van der Waals surface area contributed by atoms with Crippen LogP contribution in [0.4, 0.5) is 5.69 Å². The highest BCUT2D eigenvalue weighted by Gasteiger charge is 2.27. The van der Waals surface area contributed by atoms with Gasteiger partial charge in [-0.15, -0.1) is 0 Å². The van der Waals surface area contributed by atoms with E-state index in [0.717, 1.165) is 0 Å². The van der Waals surface area contributed by atoms with E-state index >= 15 is 0 Å². The highest BCUT2D eigenvalue weighted by Crippen LogP contribution is 2.30. The zero-order valence-corrected chi connectivity index (χ0v) is 19.9. The van der Waals surface area contributed by atoms with Crippen molar-refractivity contribution in [2.75, 3.05) is 11.3 Å². The third kappa shape index (κ3) is 5.44. The Balaban J connectivity index is 1.53. The fraction of sp³-hybridized carbons (Fsp3) is 0.130. The van der Waals surface area contributed by atoms with E-state index in [2.05, 4.69) is 15.4 Å². The maximum Gasteiger partial charge on any atom is 0.261 e. The monoisotopic (exact) mass is 519 g/mol. The van der Waals surface area contributed by atoms with E-state index < -0.39 is 22.0 Å². The quantitative estimate of drug-likeness (QED) is 0.432. The average Bonchev–Trinajstić information content (AvgIpc) is 3.21. The van der Waals surface area contributed by atoms with Gasteiger partial charge in [-0.1, -0.05) is 35.3 Å². The van der Waals surface area contributed by atoms with E-state index in [1.807, 2.05) is 0 Å². The summed E-state index contributed by atoms with van der Waals surface area (Å²) in [5, 5.41) is 5.89. The Kier molecular flexibility index (Phi) is 6.97. The lowest BCUT2D eigenvalue weighted by Crippen LogP contribution is -2.40. The van der Waals surface area contributed by atoms with Gasteiger partial charge in [-0.25, -0.2) is 8.42 Å². The van der Waals surface area contributed by atoms with Crippen molar-refractivity contribution in [2.45, 2.75) is 17.4 Å². The summed E-state index contributed by atoms with van der Waals surface area (Å²) < 4.78 is 34.1. The van der Waals surface area contributed by atoms with Gasteiger partial charge < -0.3 is 15.4 Å². The number of rotatable bonds is 7. The predicted molar refractivity (Wildman–Crippen MR) is 129 cm³/mol. The largest absolute Gasteiger partial charge is 0.456 e. The van der Waals surface area contributed by atoms with Gasteiger partial charge in [0, 0.05) is 11.6 Å². The molecule has 3 N–H and O–H groups in total. The molecule has 1 heterocycles. The van der Waals surface area contributed by atoms with Gasteiger partial charge in [0.1, 0.15) is 17.5 Å². The van der Waals surface area contributed by atoms with Crippen LogP contribution >= 0.6 is 23.2 Å². The number of nitrogens with one attached hydrogen (secondary N) is 3. The lowest BCUT2D eigenvalue weighted by Gasteiger charge is -2.15. The molecule has 0 unspecified atom stereocenters. The van der Waals surface area contributed by atoms with Crippen LogP contribution in [0.1, 0.15) is 16.8 Å². The zero-order chi connectivity index (χ0) is 24.3. The number of benzene rings is 3. The van der Waals surface area contributed by atoms with Gasteiger partial charge in [-0.05, 0) is 61.0 Å². The van der Waals surface area contributed by atoms with Crippen molar-refractivity contribution in [1.82, 2.24) is 10.6 Å². The Morgan fingerprint density at radius 1 is 1.03 bits per heavy atom. The Morgan fingerprint density at radius 3 is 2.44 bits per heavy atom. The standard InChI is InChI=1S/C23H19Cl2N3O5S/c24-14-5-10-19(17(13-14)22(29)27-20-11-12-26-23(20)30)28-34(31,32)16-8-6-15(7-9-16)33-21-4-2-1-3-18(21)25/h1-10,13,20,28H,11-12H2,(H,26,30)(H,27,29)/t20-/m0/s1. The Bertz CT molecular complexity index is 1350. The van der Waals surface area contributed by atoms with Crippen LogP contribution in [-0.2, 0) is 14.8 Å². The molecule has 0 radical (unpaired) electrons. The van der Waals surface area contributed by atoms with Gasteiger partial charge in [0.15, 0.2) is 0 Å². The molecule has 1 atom stereocenters. The summed E-state index contributed by atoms with van der Waals surface area (Å²) in [6.45, 7) is 0.453. The van der Waals surface area contributed by atoms with Crippen molar-refractivity contribution in [2.24, 2.45) is 0 Å². The Hall–Kier alpha value is -3.27. The molecule has 0 spiro atoms. The van der Waals surface area contributed by atoms with Gasteiger partial charge in [0.05, 0.1) is 21.2 Å². The topological polar surface area (TPSA) is 114 Å². The summed E-state index contributed by atoms with van der Waals surface area (Å²) in [5.41, 5.74) is 0.0196. The third-order valence-electron chi connectivity index (χ3n) is 5.02. The highest BCUT2D eigenvalue weighted by atomic mass is 35.5. The molecule has 0 aliphatic carbocycles. The molecule has 4 rings (SSSR count). The molecule has 8 nitrogen and oxygen atoms in total. The number of sulfonamides is 1. The van der Waals surface area contributed by atoms with E-state index in [-0.39, 0.29) is 27.1 Å². The minimum Gasteiger partial charge on any atom is -0.456 e. The zero-order valence-electron chi connectivity index (χ0n) is 17.5. The van der Waals surface area contributed by atoms with E-state index in [9.17, 15) is 18.0 Å². The summed E-state index contributed by atoms with van der Waals surface area (Å²) in [4.78, 5) is 24.5. The maximum absolute atomic E-state index is 13.0. The van der Waals surface area contributed by atoms with Crippen LogP contribution < -0.4 is 20.1 Å². The van der Waals surface area contributed by atoms with Crippen LogP contribution in [-0.4, -0.2) is 32.8 Å². The number of para-hydroxylation sites is 1. The number of hydrogen-bond donors (Lipinski definition) is 3. The highest BCUT2D eigenvalue weighted by molar-refractivity contribution is 7.92. The summed E-state index contributed by atoms with van der Waals surface area (Å²) in [7, 11) is -4.05. The minimum atomic E-state index is -4.05. The summed E-state index contributed by atoms with van der Waals surface area (Å²) in [6.07, 6.45) is 0.439. The fourth-order valence-electron chi connectivity index (χ4n) is 3.31. The van der Waals surface area contributed by atoms with E-state index in [4.69, 9.17) is 27.9 Å². The number of hydrogen-bond acceptors (Lipinski definition) is 5. The summed E-state index contributed by atoms with van der Waals surface area (Å²) in [6, 6.07) is 16.1. The molecule has 0 saturated carbocycles. The smallest absolute Gasteiger partial charge is 0.261 e. The van der Waals surface area contributed by atoms with Crippen LogP contribution in [0.15, 0.2) is 71.6 Å². The van der Waals surface area contributed by atoms with Gasteiger partial charge in [0.25, 0.3) is 15.9 Å². The molecule has 1 aliphatic heterocycles. The average molecular weight is 520 g/mol. The lowest BCUT2D eigenvalue weighted by molar-refractivity contribution is -0.120. The van der Waals surface area contributed by atoms with Crippen LogP contribution in [0.5, 0.6) is 11.5 Å².